The van der Waals surface area contributed by atoms with Crippen LogP contribution in [-0.4, -0.2) is 37.2 Å². The molecule has 27 heavy (non-hydrogen) atoms. The number of rotatable bonds is 7. The van der Waals surface area contributed by atoms with E-state index in [9.17, 15) is 9.59 Å². The van der Waals surface area contributed by atoms with Crippen LogP contribution in [0, 0.1) is 0 Å². The number of hydrogen-bond acceptors (Lipinski definition) is 5. The summed E-state index contributed by atoms with van der Waals surface area (Å²) in [4.78, 5) is 26.9. The molecule has 0 amide bonds. The summed E-state index contributed by atoms with van der Waals surface area (Å²) in [6, 6.07) is 14.6. The first-order valence-electron chi connectivity index (χ1n) is 8.66. The molecule has 0 aliphatic heterocycles. The smallest absolute Gasteiger partial charge is 0.337 e. The number of hydrogen-bond donors (Lipinski definition) is 2. The first-order valence-corrected chi connectivity index (χ1v) is 8.66. The zero-order valence-corrected chi connectivity index (χ0v) is 15.3. The number of ether oxygens (including phenoxy) is 2. The lowest BCUT2D eigenvalue weighted by molar-refractivity contribution is -0.143. The van der Waals surface area contributed by atoms with Crippen molar-refractivity contribution in [2.24, 2.45) is 0 Å². The highest BCUT2D eigenvalue weighted by Crippen LogP contribution is 2.19. The summed E-state index contributed by atoms with van der Waals surface area (Å²) in [6.07, 6.45) is 2.43. The standard InChI is InChI=1S/C21H22N2O4/c1-26-20(24)15-9-7-14(8-10-15)12-22-19(21(25)27-2)11-16-13-23-18-6-4-3-5-17(16)18/h3-10,13,19,22-23H,11-12H2,1-2H3/t19-/m1/s1. The van der Waals surface area contributed by atoms with Crippen LogP contribution in [0.3, 0.4) is 0 Å². The van der Waals surface area contributed by atoms with Crippen LogP contribution in [0.15, 0.2) is 54.7 Å². The fourth-order valence-electron chi connectivity index (χ4n) is 3.02. The zero-order chi connectivity index (χ0) is 19.2. The topological polar surface area (TPSA) is 80.4 Å². The van der Waals surface area contributed by atoms with E-state index in [-0.39, 0.29) is 11.9 Å². The number of para-hydroxylation sites is 1. The van der Waals surface area contributed by atoms with Crippen LogP contribution < -0.4 is 5.32 Å². The van der Waals surface area contributed by atoms with Crippen LogP contribution in [0.1, 0.15) is 21.5 Å². The van der Waals surface area contributed by atoms with E-state index in [1.807, 2.05) is 42.6 Å². The van der Waals surface area contributed by atoms with Gasteiger partial charge in [0.05, 0.1) is 19.8 Å². The number of aromatic amines is 1. The van der Waals surface area contributed by atoms with Crippen molar-refractivity contribution >= 4 is 22.8 Å². The van der Waals surface area contributed by atoms with E-state index >= 15 is 0 Å². The highest BCUT2D eigenvalue weighted by atomic mass is 16.5. The number of esters is 2. The van der Waals surface area contributed by atoms with Crippen molar-refractivity contribution in [2.75, 3.05) is 14.2 Å². The molecule has 1 heterocycles. The van der Waals surface area contributed by atoms with Crippen molar-refractivity contribution in [1.29, 1.82) is 0 Å². The Labute approximate surface area is 157 Å². The van der Waals surface area contributed by atoms with Gasteiger partial charge in [0.25, 0.3) is 0 Å². The van der Waals surface area contributed by atoms with E-state index in [4.69, 9.17) is 9.47 Å². The number of aromatic nitrogens is 1. The molecule has 140 valence electrons. The lowest BCUT2D eigenvalue weighted by atomic mass is 10.0. The van der Waals surface area contributed by atoms with Gasteiger partial charge in [-0.15, -0.1) is 0 Å². The molecule has 2 aromatic carbocycles. The summed E-state index contributed by atoms with van der Waals surface area (Å²) >= 11 is 0. The van der Waals surface area contributed by atoms with E-state index in [0.29, 0.717) is 18.5 Å². The van der Waals surface area contributed by atoms with E-state index in [0.717, 1.165) is 22.0 Å². The lowest BCUT2D eigenvalue weighted by Gasteiger charge is -2.16. The Bertz CT molecular complexity index is 931. The van der Waals surface area contributed by atoms with E-state index in [1.165, 1.54) is 14.2 Å². The summed E-state index contributed by atoms with van der Waals surface area (Å²) < 4.78 is 9.65. The van der Waals surface area contributed by atoms with Crippen LogP contribution in [0.2, 0.25) is 0 Å². The van der Waals surface area contributed by atoms with E-state index in [2.05, 4.69) is 10.3 Å². The molecule has 0 unspecified atom stereocenters. The number of H-pyrrole nitrogens is 1. The number of nitrogens with one attached hydrogen (secondary N) is 2. The number of methoxy groups -OCH3 is 2. The molecular weight excluding hydrogens is 344 g/mol. The Balaban J connectivity index is 1.70. The van der Waals surface area contributed by atoms with Gasteiger partial charge in [0.2, 0.25) is 0 Å². The fraction of sp³-hybridized carbons (Fsp3) is 0.238. The van der Waals surface area contributed by atoms with Crippen molar-refractivity contribution in [3.8, 4) is 0 Å². The molecule has 0 radical (unpaired) electrons. The van der Waals surface area contributed by atoms with Crippen LogP contribution in [0.5, 0.6) is 0 Å². The summed E-state index contributed by atoms with van der Waals surface area (Å²) in [6.45, 7) is 0.476. The largest absolute Gasteiger partial charge is 0.468 e. The number of benzene rings is 2. The van der Waals surface area contributed by atoms with Gasteiger partial charge in [0, 0.05) is 30.1 Å². The van der Waals surface area contributed by atoms with Crippen molar-refractivity contribution in [3.05, 3.63) is 71.4 Å². The average molecular weight is 366 g/mol. The predicted molar refractivity (Wildman–Crippen MR) is 102 cm³/mol. The summed E-state index contributed by atoms with van der Waals surface area (Å²) in [5.74, 6) is -0.687. The Morgan fingerprint density at radius 3 is 2.48 bits per heavy atom. The minimum absolute atomic E-state index is 0.313. The minimum Gasteiger partial charge on any atom is -0.468 e. The van der Waals surface area contributed by atoms with Crippen molar-refractivity contribution in [3.63, 3.8) is 0 Å². The summed E-state index contributed by atoms with van der Waals surface area (Å²) in [7, 11) is 2.74. The van der Waals surface area contributed by atoms with Gasteiger partial charge in [-0.2, -0.15) is 0 Å². The molecule has 6 nitrogen and oxygen atoms in total. The van der Waals surface area contributed by atoms with Crippen LogP contribution in [0.4, 0.5) is 0 Å². The molecule has 0 aliphatic carbocycles. The molecular formula is C21H22N2O4. The van der Waals surface area contributed by atoms with Gasteiger partial charge >= 0.3 is 11.9 Å². The normalized spacial score (nSPS) is 11.9. The van der Waals surface area contributed by atoms with Crippen LogP contribution in [-0.2, 0) is 27.2 Å². The lowest BCUT2D eigenvalue weighted by Crippen LogP contribution is -2.39. The van der Waals surface area contributed by atoms with Gasteiger partial charge in [-0.3, -0.25) is 4.79 Å². The van der Waals surface area contributed by atoms with Gasteiger partial charge < -0.3 is 19.8 Å². The maximum Gasteiger partial charge on any atom is 0.337 e. The third kappa shape index (κ3) is 4.35. The Morgan fingerprint density at radius 2 is 1.78 bits per heavy atom. The Hall–Kier alpha value is -3.12. The van der Waals surface area contributed by atoms with Crippen LogP contribution >= 0.6 is 0 Å². The first-order chi connectivity index (χ1) is 13.1. The maximum atomic E-state index is 12.2. The molecule has 0 saturated carbocycles. The molecule has 3 aromatic rings. The third-order valence-electron chi connectivity index (χ3n) is 4.51. The molecule has 3 rings (SSSR count). The molecule has 0 saturated heterocycles. The van der Waals surface area contributed by atoms with Gasteiger partial charge in [-0.25, -0.2) is 4.79 Å². The number of carbonyl (C=O) groups excluding carboxylic acids is 2. The predicted octanol–water partition coefficient (Wildman–Crippen LogP) is 2.83. The zero-order valence-electron chi connectivity index (χ0n) is 15.3. The fourth-order valence-corrected chi connectivity index (χ4v) is 3.02. The summed E-state index contributed by atoms with van der Waals surface area (Å²) in [5, 5.41) is 4.34. The third-order valence-corrected chi connectivity index (χ3v) is 4.51. The highest BCUT2D eigenvalue weighted by molar-refractivity contribution is 5.89. The highest BCUT2D eigenvalue weighted by Gasteiger charge is 2.20. The maximum absolute atomic E-state index is 12.2. The summed E-state index contributed by atoms with van der Waals surface area (Å²) in [5.41, 5.74) is 3.53. The van der Waals surface area contributed by atoms with Gasteiger partial charge in [0.15, 0.2) is 0 Å². The van der Waals surface area contributed by atoms with Gasteiger partial charge in [-0.05, 0) is 29.3 Å². The molecule has 0 spiro atoms. The minimum atomic E-state index is -0.477. The monoisotopic (exact) mass is 366 g/mol. The quantitative estimate of drug-likeness (QED) is 0.629. The first kappa shape index (κ1) is 18.7. The molecule has 0 fully saturated rings. The average Bonchev–Trinajstić information content (AvgIpc) is 3.13. The molecule has 6 heteroatoms. The van der Waals surface area contributed by atoms with Crippen LogP contribution in [0.25, 0.3) is 10.9 Å². The Kier molecular flexibility index (Phi) is 5.88. The molecule has 2 N–H and O–H groups in total. The molecule has 1 aromatic heterocycles. The second-order valence-electron chi connectivity index (χ2n) is 6.21. The van der Waals surface area contributed by atoms with Crippen molar-refractivity contribution in [2.45, 2.75) is 19.0 Å². The van der Waals surface area contributed by atoms with E-state index in [1.54, 1.807) is 12.1 Å². The molecule has 0 aliphatic rings. The number of fused-ring (bicyclic) bond motifs is 1. The van der Waals surface area contributed by atoms with Crippen molar-refractivity contribution < 1.29 is 19.1 Å². The van der Waals surface area contributed by atoms with Crippen molar-refractivity contribution in [1.82, 2.24) is 10.3 Å². The van der Waals surface area contributed by atoms with Gasteiger partial charge in [-0.1, -0.05) is 30.3 Å². The second-order valence-corrected chi connectivity index (χ2v) is 6.21. The van der Waals surface area contributed by atoms with Gasteiger partial charge in [0.1, 0.15) is 6.04 Å². The molecule has 1 atom stereocenters. The second kappa shape index (κ2) is 8.51. The Morgan fingerprint density at radius 1 is 1.04 bits per heavy atom. The number of carbonyl (C=O) groups is 2. The van der Waals surface area contributed by atoms with E-state index < -0.39 is 6.04 Å². The molecule has 0 bridgehead atoms. The SMILES string of the molecule is COC(=O)c1ccc(CN[C@H](Cc2c[nH]c3ccccc23)C(=O)OC)cc1.